The number of ether oxygens (including phenoxy) is 1. The third kappa shape index (κ3) is 4.14. The highest BCUT2D eigenvalue weighted by atomic mass is 16.5. The van der Waals surface area contributed by atoms with Crippen LogP contribution >= 0.6 is 0 Å². The molecule has 1 aliphatic rings. The summed E-state index contributed by atoms with van der Waals surface area (Å²) < 4.78 is 4.71. The second-order valence-corrected chi connectivity index (χ2v) is 7.02. The summed E-state index contributed by atoms with van der Waals surface area (Å²) in [4.78, 5) is 26.5. The molecule has 5 nitrogen and oxygen atoms in total. The molecular formula is C24H22N2O3. The van der Waals surface area contributed by atoms with Gasteiger partial charge in [0.15, 0.2) is 0 Å². The molecule has 4 rings (SSSR count). The van der Waals surface area contributed by atoms with E-state index in [4.69, 9.17) is 4.74 Å². The van der Waals surface area contributed by atoms with Gasteiger partial charge < -0.3 is 15.0 Å². The number of para-hydroxylation sites is 1. The summed E-state index contributed by atoms with van der Waals surface area (Å²) >= 11 is 0. The van der Waals surface area contributed by atoms with Crippen molar-refractivity contribution in [3.8, 4) is 0 Å². The van der Waals surface area contributed by atoms with E-state index in [-0.39, 0.29) is 5.91 Å². The summed E-state index contributed by atoms with van der Waals surface area (Å²) in [6, 6.07) is 22.8. The Kier molecular flexibility index (Phi) is 5.29. The highest BCUT2D eigenvalue weighted by molar-refractivity contribution is 6.04. The monoisotopic (exact) mass is 386 g/mol. The van der Waals surface area contributed by atoms with Crippen LogP contribution in [0.3, 0.4) is 0 Å². The molecule has 0 aromatic heterocycles. The average molecular weight is 386 g/mol. The smallest absolute Gasteiger partial charge is 0.337 e. The van der Waals surface area contributed by atoms with Gasteiger partial charge in [-0.25, -0.2) is 4.79 Å². The van der Waals surface area contributed by atoms with Crippen LogP contribution in [0.15, 0.2) is 72.8 Å². The van der Waals surface area contributed by atoms with E-state index >= 15 is 0 Å². The highest BCUT2D eigenvalue weighted by Crippen LogP contribution is 2.28. The predicted octanol–water partition coefficient (Wildman–Crippen LogP) is 4.29. The number of anilines is 2. The Morgan fingerprint density at radius 3 is 2.55 bits per heavy atom. The van der Waals surface area contributed by atoms with E-state index in [1.165, 1.54) is 18.4 Å². The van der Waals surface area contributed by atoms with Crippen molar-refractivity contribution in [1.82, 2.24) is 0 Å². The van der Waals surface area contributed by atoms with Gasteiger partial charge in [-0.3, -0.25) is 4.79 Å². The number of amides is 1. The van der Waals surface area contributed by atoms with Crippen molar-refractivity contribution in [3.05, 3.63) is 95.1 Å². The van der Waals surface area contributed by atoms with Crippen molar-refractivity contribution in [2.75, 3.05) is 23.9 Å². The maximum Gasteiger partial charge on any atom is 0.337 e. The van der Waals surface area contributed by atoms with Crippen LogP contribution in [0.2, 0.25) is 0 Å². The third-order valence-electron chi connectivity index (χ3n) is 5.11. The minimum atomic E-state index is -0.436. The molecule has 3 aromatic carbocycles. The Balaban J connectivity index is 1.42. The zero-order valence-corrected chi connectivity index (χ0v) is 16.2. The van der Waals surface area contributed by atoms with Gasteiger partial charge in [0.05, 0.1) is 12.7 Å². The number of carbonyl (C=O) groups is 2. The molecule has 1 N–H and O–H groups in total. The summed E-state index contributed by atoms with van der Waals surface area (Å²) in [6.45, 7) is 1.83. The normalized spacial score (nSPS) is 12.4. The number of fused-ring (bicyclic) bond motifs is 1. The number of hydrogen-bond donors (Lipinski definition) is 1. The minimum absolute atomic E-state index is 0.218. The van der Waals surface area contributed by atoms with Gasteiger partial charge in [-0.2, -0.15) is 0 Å². The molecule has 29 heavy (non-hydrogen) atoms. The molecule has 0 saturated heterocycles. The van der Waals surface area contributed by atoms with Gasteiger partial charge in [0.2, 0.25) is 0 Å². The molecule has 146 valence electrons. The number of carbonyl (C=O) groups excluding carboxylic acids is 2. The standard InChI is InChI=1S/C24H22N2O3/c1-29-24(28)20-6-4-7-21(15-20)25-23(27)19-11-9-17(10-12-19)16-26-14-13-18-5-2-3-8-22(18)26/h2-12,15H,13-14,16H2,1H3,(H,25,27). The lowest BCUT2D eigenvalue weighted by molar-refractivity contribution is 0.0600. The van der Waals surface area contributed by atoms with Crippen LogP contribution < -0.4 is 10.2 Å². The Morgan fingerprint density at radius 1 is 0.966 bits per heavy atom. The first kappa shape index (κ1) is 18.7. The molecule has 0 radical (unpaired) electrons. The average Bonchev–Trinajstić information content (AvgIpc) is 3.16. The molecule has 1 aliphatic heterocycles. The lowest BCUT2D eigenvalue weighted by Gasteiger charge is -2.19. The van der Waals surface area contributed by atoms with E-state index in [1.54, 1.807) is 24.3 Å². The zero-order valence-electron chi connectivity index (χ0n) is 16.2. The molecule has 1 amide bonds. The summed E-state index contributed by atoms with van der Waals surface area (Å²) in [5.41, 5.74) is 5.35. The van der Waals surface area contributed by atoms with E-state index in [0.717, 1.165) is 25.1 Å². The largest absolute Gasteiger partial charge is 0.465 e. The number of esters is 1. The predicted molar refractivity (Wildman–Crippen MR) is 113 cm³/mol. The Bertz CT molecular complexity index is 1040. The number of hydrogen-bond acceptors (Lipinski definition) is 4. The van der Waals surface area contributed by atoms with Crippen LogP contribution in [0.5, 0.6) is 0 Å². The van der Waals surface area contributed by atoms with Crippen molar-refractivity contribution >= 4 is 23.3 Å². The molecule has 0 atom stereocenters. The van der Waals surface area contributed by atoms with Crippen molar-refractivity contribution in [1.29, 1.82) is 0 Å². The first-order valence-electron chi connectivity index (χ1n) is 9.55. The summed E-state index contributed by atoms with van der Waals surface area (Å²) in [6.07, 6.45) is 1.07. The van der Waals surface area contributed by atoms with Gasteiger partial charge in [0.25, 0.3) is 5.91 Å². The number of nitrogens with zero attached hydrogens (tertiary/aromatic N) is 1. The van der Waals surface area contributed by atoms with Crippen LogP contribution in [-0.4, -0.2) is 25.5 Å². The fraction of sp³-hybridized carbons (Fsp3) is 0.167. The van der Waals surface area contributed by atoms with Gasteiger partial charge in [-0.05, 0) is 53.9 Å². The molecular weight excluding hydrogens is 364 g/mol. The minimum Gasteiger partial charge on any atom is -0.465 e. The summed E-state index contributed by atoms with van der Waals surface area (Å²) in [5.74, 6) is -0.654. The Hall–Kier alpha value is -3.60. The maximum absolute atomic E-state index is 12.5. The van der Waals surface area contributed by atoms with Crippen LogP contribution in [0.4, 0.5) is 11.4 Å². The third-order valence-corrected chi connectivity index (χ3v) is 5.11. The molecule has 5 heteroatoms. The molecule has 0 aliphatic carbocycles. The second kappa shape index (κ2) is 8.19. The Labute approximate surface area is 169 Å². The topological polar surface area (TPSA) is 58.6 Å². The van der Waals surface area contributed by atoms with Gasteiger partial charge in [0, 0.05) is 30.0 Å². The van der Waals surface area contributed by atoms with Crippen LogP contribution in [0.25, 0.3) is 0 Å². The van der Waals surface area contributed by atoms with E-state index < -0.39 is 5.97 Å². The van der Waals surface area contributed by atoms with Crippen LogP contribution in [-0.2, 0) is 17.7 Å². The van der Waals surface area contributed by atoms with Crippen molar-refractivity contribution in [2.24, 2.45) is 0 Å². The van der Waals surface area contributed by atoms with Crippen LogP contribution in [0.1, 0.15) is 31.8 Å². The molecule has 0 spiro atoms. The number of benzene rings is 3. The number of nitrogens with one attached hydrogen (secondary N) is 1. The highest BCUT2D eigenvalue weighted by Gasteiger charge is 2.18. The second-order valence-electron chi connectivity index (χ2n) is 7.02. The van der Waals surface area contributed by atoms with Crippen molar-refractivity contribution in [3.63, 3.8) is 0 Å². The first-order valence-corrected chi connectivity index (χ1v) is 9.55. The first-order chi connectivity index (χ1) is 14.1. The summed E-state index contributed by atoms with van der Waals surface area (Å²) in [5, 5.41) is 2.83. The molecule has 1 heterocycles. The van der Waals surface area contributed by atoms with Crippen LogP contribution in [0, 0.1) is 0 Å². The molecule has 0 fully saturated rings. The number of rotatable bonds is 5. The number of methoxy groups -OCH3 is 1. The lowest BCUT2D eigenvalue weighted by atomic mass is 10.1. The fourth-order valence-electron chi connectivity index (χ4n) is 3.60. The van der Waals surface area contributed by atoms with Crippen molar-refractivity contribution in [2.45, 2.75) is 13.0 Å². The fourth-order valence-corrected chi connectivity index (χ4v) is 3.60. The molecule has 0 saturated carbocycles. The van der Waals surface area contributed by atoms with E-state index in [9.17, 15) is 9.59 Å². The molecule has 3 aromatic rings. The lowest BCUT2D eigenvalue weighted by Crippen LogP contribution is -2.19. The van der Waals surface area contributed by atoms with E-state index in [2.05, 4.69) is 34.5 Å². The Morgan fingerprint density at radius 2 is 1.76 bits per heavy atom. The van der Waals surface area contributed by atoms with E-state index in [0.29, 0.717) is 16.8 Å². The summed E-state index contributed by atoms with van der Waals surface area (Å²) in [7, 11) is 1.33. The van der Waals surface area contributed by atoms with Gasteiger partial charge in [-0.1, -0.05) is 36.4 Å². The van der Waals surface area contributed by atoms with Gasteiger partial charge >= 0.3 is 5.97 Å². The molecule has 0 bridgehead atoms. The maximum atomic E-state index is 12.5. The van der Waals surface area contributed by atoms with Gasteiger partial charge in [-0.15, -0.1) is 0 Å². The quantitative estimate of drug-likeness (QED) is 0.665. The van der Waals surface area contributed by atoms with Gasteiger partial charge in [0.1, 0.15) is 0 Å². The van der Waals surface area contributed by atoms with Crippen molar-refractivity contribution < 1.29 is 14.3 Å². The SMILES string of the molecule is COC(=O)c1cccc(NC(=O)c2ccc(CN3CCc4ccccc43)cc2)c1. The zero-order chi connectivity index (χ0) is 20.2. The molecule has 0 unspecified atom stereocenters. The van der Waals surface area contributed by atoms with E-state index in [1.807, 2.05) is 24.3 Å².